The van der Waals surface area contributed by atoms with Crippen LogP contribution in [0.1, 0.15) is 22.8 Å². The van der Waals surface area contributed by atoms with Crippen LogP contribution in [0.3, 0.4) is 0 Å². The highest BCUT2D eigenvalue weighted by atomic mass is 16.1. The van der Waals surface area contributed by atoms with Crippen LogP contribution in [-0.4, -0.2) is 12.1 Å². The quantitative estimate of drug-likeness (QED) is 0.633. The fourth-order valence-electron chi connectivity index (χ4n) is 1.06. The molecule has 0 fully saturated rings. The Morgan fingerprint density at radius 1 is 1.50 bits per heavy atom. The number of rotatable bonds is 3. The van der Waals surface area contributed by atoms with E-state index in [9.17, 15) is 9.59 Å². The molecule has 1 aromatic carbocycles. The lowest BCUT2D eigenvalue weighted by Gasteiger charge is -1.97. The highest BCUT2D eigenvalue weighted by molar-refractivity contribution is 5.80. The van der Waals surface area contributed by atoms with Gasteiger partial charge in [-0.05, 0) is 18.6 Å². The average Bonchev–Trinajstić information content (AvgIpc) is 2.03. The van der Waals surface area contributed by atoms with E-state index in [1.165, 1.54) is 6.92 Å². The Bertz CT molecular complexity index is 302. The van der Waals surface area contributed by atoms with E-state index in [4.69, 9.17) is 0 Å². The van der Waals surface area contributed by atoms with E-state index in [1.807, 2.05) is 6.07 Å². The van der Waals surface area contributed by atoms with E-state index in [0.717, 1.165) is 11.8 Å². The van der Waals surface area contributed by atoms with Gasteiger partial charge in [-0.3, -0.25) is 9.59 Å². The molecule has 0 aliphatic heterocycles. The van der Waals surface area contributed by atoms with Crippen LogP contribution in [0.5, 0.6) is 0 Å². The van der Waals surface area contributed by atoms with Gasteiger partial charge in [-0.1, -0.05) is 18.2 Å². The SMILES string of the molecule is CC(=O)Cc1cccc(C=O)c1. The van der Waals surface area contributed by atoms with E-state index in [2.05, 4.69) is 0 Å². The third-order valence-electron chi connectivity index (χ3n) is 1.54. The van der Waals surface area contributed by atoms with Crippen LogP contribution in [0.2, 0.25) is 0 Å². The molecule has 0 N–H and O–H groups in total. The summed E-state index contributed by atoms with van der Waals surface area (Å²) in [6.45, 7) is 1.54. The van der Waals surface area contributed by atoms with Gasteiger partial charge < -0.3 is 0 Å². The molecule has 0 bridgehead atoms. The maximum absolute atomic E-state index is 10.7. The standard InChI is InChI=1S/C10H10O2/c1-8(12)5-9-3-2-4-10(6-9)7-11/h2-4,6-7H,5H2,1H3. The summed E-state index contributed by atoms with van der Waals surface area (Å²) < 4.78 is 0. The Morgan fingerprint density at radius 3 is 2.83 bits per heavy atom. The summed E-state index contributed by atoms with van der Waals surface area (Å²) in [6.07, 6.45) is 1.19. The zero-order valence-electron chi connectivity index (χ0n) is 6.91. The van der Waals surface area contributed by atoms with Crippen molar-refractivity contribution in [1.29, 1.82) is 0 Å². The monoisotopic (exact) mass is 162 g/mol. The maximum atomic E-state index is 10.7. The van der Waals surface area contributed by atoms with E-state index < -0.39 is 0 Å². The van der Waals surface area contributed by atoms with Crippen LogP contribution in [0.4, 0.5) is 0 Å². The first kappa shape index (κ1) is 8.65. The fraction of sp³-hybridized carbons (Fsp3) is 0.200. The van der Waals surface area contributed by atoms with Crippen molar-refractivity contribution in [3.05, 3.63) is 35.4 Å². The molecule has 0 aromatic heterocycles. The van der Waals surface area contributed by atoms with E-state index in [0.29, 0.717) is 12.0 Å². The summed E-state index contributed by atoms with van der Waals surface area (Å²) in [4.78, 5) is 21.1. The van der Waals surface area contributed by atoms with Crippen LogP contribution in [0.15, 0.2) is 24.3 Å². The molecule has 0 unspecified atom stereocenters. The van der Waals surface area contributed by atoms with Crippen LogP contribution in [-0.2, 0) is 11.2 Å². The minimum atomic E-state index is 0.109. The lowest BCUT2D eigenvalue weighted by atomic mass is 10.1. The van der Waals surface area contributed by atoms with E-state index in [1.54, 1.807) is 18.2 Å². The van der Waals surface area contributed by atoms with Crippen molar-refractivity contribution >= 4 is 12.1 Å². The molecule has 0 aliphatic carbocycles. The molecule has 1 rings (SSSR count). The number of hydrogen-bond acceptors (Lipinski definition) is 2. The van der Waals surface area contributed by atoms with E-state index >= 15 is 0 Å². The summed E-state index contributed by atoms with van der Waals surface area (Å²) in [6, 6.07) is 7.07. The molecule has 0 aliphatic rings. The fourth-order valence-corrected chi connectivity index (χ4v) is 1.06. The molecule has 62 valence electrons. The number of carbonyl (C=O) groups excluding carboxylic acids is 2. The van der Waals surface area contributed by atoms with Gasteiger partial charge in [-0.15, -0.1) is 0 Å². The number of ketones is 1. The van der Waals surface area contributed by atoms with Crippen LogP contribution in [0, 0.1) is 0 Å². The molecule has 0 saturated carbocycles. The summed E-state index contributed by atoms with van der Waals surface area (Å²) in [5.41, 5.74) is 1.51. The highest BCUT2D eigenvalue weighted by Gasteiger charge is 1.97. The van der Waals surface area contributed by atoms with Gasteiger partial charge in [0.2, 0.25) is 0 Å². The molecule has 0 heterocycles. The Balaban J connectivity index is 2.86. The van der Waals surface area contributed by atoms with Crippen LogP contribution >= 0.6 is 0 Å². The van der Waals surface area contributed by atoms with Crippen molar-refractivity contribution in [3.63, 3.8) is 0 Å². The number of aldehydes is 1. The third kappa shape index (κ3) is 2.31. The van der Waals surface area contributed by atoms with Gasteiger partial charge >= 0.3 is 0 Å². The molecule has 0 amide bonds. The minimum absolute atomic E-state index is 0.109. The molecular weight excluding hydrogens is 152 g/mol. The largest absolute Gasteiger partial charge is 0.300 e. The smallest absolute Gasteiger partial charge is 0.150 e. The molecule has 12 heavy (non-hydrogen) atoms. The Morgan fingerprint density at radius 2 is 2.25 bits per heavy atom. The predicted molar refractivity (Wildman–Crippen MR) is 46.2 cm³/mol. The second kappa shape index (κ2) is 3.81. The summed E-state index contributed by atoms with van der Waals surface area (Å²) in [7, 11) is 0. The summed E-state index contributed by atoms with van der Waals surface area (Å²) in [5, 5.41) is 0. The molecule has 2 heteroatoms. The van der Waals surface area contributed by atoms with Crippen molar-refractivity contribution in [3.8, 4) is 0 Å². The number of hydrogen-bond donors (Lipinski definition) is 0. The molecule has 0 saturated heterocycles. The molecule has 0 radical (unpaired) electrons. The minimum Gasteiger partial charge on any atom is -0.300 e. The topological polar surface area (TPSA) is 34.1 Å². The lowest BCUT2D eigenvalue weighted by molar-refractivity contribution is -0.116. The molecule has 0 atom stereocenters. The number of benzene rings is 1. The van der Waals surface area contributed by atoms with Crippen molar-refractivity contribution in [2.75, 3.05) is 0 Å². The normalized spacial score (nSPS) is 9.42. The van der Waals surface area contributed by atoms with Crippen LogP contribution in [0.25, 0.3) is 0 Å². The first-order valence-electron chi connectivity index (χ1n) is 3.76. The molecule has 2 nitrogen and oxygen atoms in total. The van der Waals surface area contributed by atoms with Gasteiger partial charge in [0, 0.05) is 12.0 Å². The van der Waals surface area contributed by atoms with Crippen molar-refractivity contribution in [1.82, 2.24) is 0 Å². The van der Waals surface area contributed by atoms with Crippen molar-refractivity contribution < 1.29 is 9.59 Å². The van der Waals surface area contributed by atoms with Crippen molar-refractivity contribution in [2.45, 2.75) is 13.3 Å². The second-order valence-electron chi connectivity index (χ2n) is 2.74. The molecular formula is C10H10O2. The Hall–Kier alpha value is -1.44. The lowest BCUT2D eigenvalue weighted by Crippen LogP contribution is -1.96. The zero-order valence-corrected chi connectivity index (χ0v) is 6.91. The number of carbonyl (C=O) groups is 2. The van der Waals surface area contributed by atoms with Gasteiger partial charge in [-0.25, -0.2) is 0 Å². The summed E-state index contributed by atoms with van der Waals surface area (Å²) >= 11 is 0. The predicted octanol–water partition coefficient (Wildman–Crippen LogP) is 1.63. The summed E-state index contributed by atoms with van der Waals surface area (Å²) in [5.74, 6) is 0.109. The first-order valence-corrected chi connectivity index (χ1v) is 3.76. The Labute approximate surface area is 71.2 Å². The molecule has 1 aromatic rings. The number of Topliss-reactive ketones (excluding diaryl/α,β-unsaturated/α-hetero) is 1. The average molecular weight is 162 g/mol. The van der Waals surface area contributed by atoms with Gasteiger partial charge in [0.15, 0.2) is 0 Å². The molecule has 0 spiro atoms. The van der Waals surface area contributed by atoms with Crippen molar-refractivity contribution in [2.24, 2.45) is 0 Å². The second-order valence-corrected chi connectivity index (χ2v) is 2.74. The van der Waals surface area contributed by atoms with Gasteiger partial charge in [-0.2, -0.15) is 0 Å². The highest BCUT2D eigenvalue weighted by Crippen LogP contribution is 2.04. The third-order valence-corrected chi connectivity index (χ3v) is 1.54. The van der Waals surface area contributed by atoms with Crippen LogP contribution < -0.4 is 0 Å². The maximum Gasteiger partial charge on any atom is 0.150 e. The van der Waals surface area contributed by atoms with Gasteiger partial charge in [0.25, 0.3) is 0 Å². The first-order chi connectivity index (χ1) is 5.72. The van der Waals surface area contributed by atoms with Gasteiger partial charge in [0.1, 0.15) is 12.1 Å². The zero-order chi connectivity index (χ0) is 8.97. The van der Waals surface area contributed by atoms with Gasteiger partial charge in [0.05, 0.1) is 0 Å². The Kier molecular flexibility index (Phi) is 2.75. The van der Waals surface area contributed by atoms with E-state index in [-0.39, 0.29) is 5.78 Å².